The van der Waals surface area contributed by atoms with E-state index in [9.17, 15) is 13.2 Å². The maximum absolute atomic E-state index is 12.1. The number of hydrogen-bond donors (Lipinski definition) is 1. The molecule has 0 bridgehead atoms. The molecule has 1 aliphatic rings. The summed E-state index contributed by atoms with van der Waals surface area (Å²) in [5, 5.41) is 3.49. The molecule has 5 heteroatoms. The Bertz CT molecular complexity index is 452. The Balaban J connectivity index is 1.86. The Morgan fingerprint density at radius 3 is 2.33 bits per heavy atom. The second-order valence-electron chi connectivity index (χ2n) is 5.97. The van der Waals surface area contributed by atoms with Crippen LogP contribution in [-0.4, -0.2) is 12.9 Å². The van der Waals surface area contributed by atoms with Crippen molar-refractivity contribution in [1.29, 1.82) is 0 Å². The lowest BCUT2D eigenvalue weighted by atomic mass is 9.99. The summed E-state index contributed by atoms with van der Waals surface area (Å²) in [5.41, 5.74) is 1.43. The molecule has 118 valence electrons. The summed E-state index contributed by atoms with van der Waals surface area (Å²) in [4.78, 5) is 0. The van der Waals surface area contributed by atoms with Crippen LogP contribution < -0.4 is 10.1 Å². The molecule has 0 radical (unpaired) electrons. The maximum atomic E-state index is 12.1. The predicted molar refractivity (Wildman–Crippen MR) is 76.1 cm³/mol. The van der Waals surface area contributed by atoms with Crippen molar-refractivity contribution >= 4 is 0 Å². The van der Waals surface area contributed by atoms with E-state index in [1.165, 1.54) is 37.8 Å². The van der Waals surface area contributed by atoms with Crippen LogP contribution >= 0.6 is 0 Å². The zero-order valence-electron chi connectivity index (χ0n) is 12.5. The minimum absolute atomic E-state index is 0.124. The van der Waals surface area contributed by atoms with Crippen molar-refractivity contribution in [3.63, 3.8) is 0 Å². The van der Waals surface area contributed by atoms with Crippen molar-refractivity contribution in [2.45, 2.75) is 51.9 Å². The van der Waals surface area contributed by atoms with E-state index in [0.29, 0.717) is 5.41 Å². The molecule has 1 unspecified atom stereocenters. The van der Waals surface area contributed by atoms with Crippen LogP contribution in [0.25, 0.3) is 0 Å². The molecule has 21 heavy (non-hydrogen) atoms. The molecule has 0 amide bonds. The summed E-state index contributed by atoms with van der Waals surface area (Å²) in [6.45, 7) is 5.20. The molecule has 2 nitrogen and oxygen atoms in total. The van der Waals surface area contributed by atoms with Crippen LogP contribution in [0.3, 0.4) is 0 Å². The number of benzene rings is 1. The zero-order chi connectivity index (χ0) is 15.5. The van der Waals surface area contributed by atoms with E-state index < -0.39 is 6.36 Å². The Hall–Kier alpha value is -1.23. The van der Waals surface area contributed by atoms with E-state index >= 15 is 0 Å². The van der Waals surface area contributed by atoms with Gasteiger partial charge >= 0.3 is 6.36 Å². The van der Waals surface area contributed by atoms with Crippen molar-refractivity contribution in [2.24, 2.45) is 5.41 Å². The van der Waals surface area contributed by atoms with Gasteiger partial charge in [0.2, 0.25) is 0 Å². The molecule has 1 atom stereocenters. The molecular weight excluding hydrogens is 279 g/mol. The molecule has 0 aromatic heterocycles. The highest BCUT2D eigenvalue weighted by molar-refractivity contribution is 5.29. The first-order valence-electron chi connectivity index (χ1n) is 7.43. The molecule has 1 fully saturated rings. The average molecular weight is 301 g/mol. The minimum Gasteiger partial charge on any atom is -0.406 e. The average Bonchev–Trinajstić information content (AvgIpc) is 3.16. The normalized spacial score (nSPS) is 18.3. The van der Waals surface area contributed by atoms with Gasteiger partial charge in [0.25, 0.3) is 0 Å². The SMILES string of the molecule is CCCC1(CNC(C)c2ccc(OC(F)(F)F)cc2)CC1. The van der Waals surface area contributed by atoms with Gasteiger partial charge in [-0.15, -0.1) is 13.2 Å². The van der Waals surface area contributed by atoms with E-state index in [0.717, 1.165) is 12.1 Å². The zero-order valence-corrected chi connectivity index (χ0v) is 12.5. The lowest BCUT2D eigenvalue weighted by molar-refractivity contribution is -0.274. The molecule has 0 saturated heterocycles. The standard InChI is InChI=1S/C16H22F3NO/c1-3-8-15(9-10-15)11-20-12(2)13-4-6-14(7-5-13)21-16(17,18)19/h4-7,12,20H,3,8-11H2,1-2H3. The third-order valence-electron chi connectivity index (χ3n) is 4.13. The van der Waals surface area contributed by atoms with Gasteiger partial charge in [-0.2, -0.15) is 0 Å². The number of rotatable bonds is 7. The Morgan fingerprint density at radius 1 is 1.24 bits per heavy atom. The summed E-state index contributed by atoms with van der Waals surface area (Å²) in [6, 6.07) is 6.20. The van der Waals surface area contributed by atoms with Crippen LogP contribution in [0, 0.1) is 5.41 Å². The van der Waals surface area contributed by atoms with E-state index in [4.69, 9.17) is 0 Å². The van der Waals surface area contributed by atoms with Gasteiger partial charge in [-0.05, 0) is 49.3 Å². The monoisotopic (exact) mass is 301 g/mol. The maximum Gasteiger partial charge on any atom is 0.573 e. The van der Waals surface area contributed by atoms with Crippen LogP contribution in [0.5, 0.6) is 5.75 Å². The molecule has 0 aliphatic heterocycles. The molecule has 1 aromatic rings. The number of alkyl halides is 3. The summed E-state index contributed by atoms with van der Waals surface area (Å²) in [5.74, 6) is -0.178. The minimum atomic E-state index is -4.64. The van der Waals surface area contributed by atoms with E-state index in [1.54, 1.807) is 12.1 Å². The first-order chi connectivity index (χ1) is 9.84. The lowest BCUT2D eigenvalue weighted by Crippen LogP contribution is -2.26. The van der Waals surface area contributed by atoms with Crippen LogP contribution in [0.1, 0.15) is 51.1 Å². The van der Waals surface area contributed by atoms with Gasteiger partial charge in [-0.3, -0.25) is 0 Å². The molecule has 1 saturated carbocycles. The quantitative estimate of drug-likeness (QED) is 0.780. The highest BCUT2D eigenvalue weighted by Gasteiger charge is 2.41. The van der Waals surface area contributed by atoms with Gasteiger partial charge in [-0.1, -0.05) is 25.5 Å². The van der Waals surface area contributed by atoms with E-state index in [1.807, 2.05) is 6.92 Å². The highest BCUT2D eigenvalue weighted by atomic mass is 19.4. The lowest BCUT2D eigenvalue weighted by Gasteiger charge is -2.20. The number of hydrogen-bond acceptors (Lipinski definition) is 2. The Morgan fingerprint density at radius 2 is 1.86 bits per heavy atom. The molecular formula is C16H22F3NO. The van der Waals surface area contributed by atoms with Gasteiger partial charge in [0.05, 0.1) is 0 Å². The van der Waals surface area contributed by atoms with Crippen LogP contribution in [0.15, 0.2) is 24.3 Å². The van der Waals surface area contributed by atoms with Gasteiger partial charge in [0.15, 0.2) is 0 Å². The Labute approximate surface area is 123 Å². The largest absolute Gasteiger partial charge is 0.573 e. The molecule has 1 aromatic carbocycles. The van der Waals surface area contributed by atoms with Gasteiger partial charge in [0, 0.05) is 12.6 Å². The number of halogens is 3. The van der Waals surface area contributed by atoms with Gasteiger partial charge in [0.1, 0.15) is 5.75 Å². The van der Waals surface area contributed by atoms with Crippen molar-refractivity contribution in [3.05, 3.63) is 29.8 Å². The first kappa shape index (κ1) is 16.1. The summed E-state index contributed by atoms with van der Waals surface area (Å²) >= 11 is 0. The van der Waals surface area contributed by atoms with Crippen molar-refractivity contribution in [1.82, 2.24) is 5.32 Å². The van der Waals surface area contributed by atoms with Crippen molar-refractivity contribution < 1.29 is 17.9 Å². The van der Waals surface area contributed by atoms with E-state index in [2.05, 4.69) is 17.0 Å². The third-order valence-corrected chi connectivity index (χ3v) is 4.13. The van der Waals surface area contributed by atoms with E-state index in [-0.39, 0.29) is 11.8 Å². The van der Waals surface area contributed by atoms with Gasteiger partial charge < -0.3 is 10.1 Å². The number of ether oxygens (including phenoxy) is 1. The second kappa shape index (κ2) is 6.26. The Kier molecular flexibility index (Phi) is 4.81. The molecule has 2 rings (SSSR count). The summed E-state index contributed by atoms with van der Waals surface area (Å²) in [6.07, 6.45) is 0.354. The second-order valence-corrected chi connectivity index (χ2v) is 5.97. The summed E-state index contributed by atoms with van der Waals surface area (Å²) in [7, 11) is 0. The van der Waals surface area contributed by atoms with Gasteiger partial charge in [-0.25, -0.2) is 0 Å². The fraction of sp³-hybridized carbons (Fsp3) is 0.625. The predicted octanol–water partition coefficient (Wildman–Crippen LogP) is 4.82. The molecule has 0 spiro atoms. The first-order valence-corrected chi connectivity index (χ1v) is 7.43. The fourth-order valence-electron chi connectivity index (χ4n) is 2.67. The molecule has 0 heterocycles. The number of nitrogens with one attached hydrogen (secondary N) is 1. The van der Waals surface area contributed by atoms with Crippen LogP contribution in [0.4, 0.5) is 13.2 Å². The highest BCUT2D eigenvalue weighted by Crippen LogP contribution is 2.49. The molecule has 1 N–H and O–H groups in total. The topological polar surface area (TPSA) is 21.3 Å². The van der Waals surface area contributed by atoms with Crippen LogP contribution in [0.2, 0.25) is 0 Å². The smallest absolute Gasteiger partial charge is 0.406 e. The summed E-state index contributed by atoms with van der Waals surface area (Å²) < 4.78 is 40.2. The van der Waals surface area contributed by atoms with Crippen LogP contribution in [-0.2, 0) is 0 Å². The molecule has 1 aliphatic carbocycles. The fourth-order valence-corrected chi connectivity index (χ4v) is 2.67. The van der Waals surface area contributed by atoms with Crippen molar-refractivity contribution in [3.8, 4) is 5.75 Å². The third kappa shape index (κ3) is 4.92. The van der Waals surface area contributed by atoms with Crippen molar-refractivity contribution in [2.75, 3.05) is 6.54 Å².